The third-order valence-electron chi connectivity index (χ3n) is 4.80. The second kappa shape index (κ2) is 12.1. The van der Waals surface area contributed by atoms with Gasteiger partial charge in [0.1, 0.15) is 0 Å². The van der Waals surface area contributed by atoms with Gasteiger partial charge in [-0.3, -0.25) is 9.59 Å². The average molecular weight is 461 g/mol. The summed E-state index contributed by atoms with van der Waals surface area (Å²) in [5, 5.41) is 0.749. The number of thioether (sulfide) groups is 2. The topological polar surface area (TPSA) is 52.6 Å². The highest BCUT2D eigenvalue weighted by atomic mass is 35.5. The van der Waals surface area contributed by atoms with E-state index < -0.39 is 10.8 Å². The van der Waals surface area contributed by atoms with E-state index in [0.717, 1.165) is 47.1 Å². The first-order valence-electron chi connectivity index (χ1n) is 9.75. The van der Waals surface area contributed by atoms with Crippen LogP contribution in [-0.4, -0.2) is 37.7 Å². The maximum Gasteiger partial charge on any atom is 0.311 e. The molecule has 0 heterocycles. The fourth-order valence-electron chi connectivity index (χ4n) is 2.84. The zero-order valence-corrected chi connectivity index (χ0v) is 20.7. The fraction of sp³-hybridized carbons (Fsp3) is 0.636. The van der Waals surface area contributed by atoms with Gasteiger partial charge in [0.2, 0.25) is 0 Å². The van der Waals surface area contributed by atoms with Gasteiger partial charge in [0, 0.05) is 9.79 Å². The molecule has 0 aliphatic rings. The lowest BCUT2D eigenvalue weighted by Gasteiger charge is -2.21. The number of ether oxygens (including phenoxy) is 2. The Labute approximate surface area is 188 Å². The van der Waals surface area contributed by atoms with E-state index in [1.54, 1.807) is 23.5 Å². The molecular formula is C22H33ClO4S2. The Morgan fingerprint density at radius 2 is 1.38 bits per heavy atom. The molecule has 1 rings (SSSR count). The number of rotatable bonds is 12. The summed E-state index contributed by atoms with van der Waals surface area (Å²) >= 11 is 9.84. The minimum Gasteiger partial charge on any atom is -0.469 e. The van der Waals surface area contributed by atoms with Crippen LogP contribution in [0.2, 0.25) is 5.02 Å². The van der Waals surface area contributed by atoms with Gasteiger partial charge >= 0.3 is 11.9 Å². The lowest BCUT2D eigenvalue weighted by molar-refractivity contribution is -0.151. The average Bonchev–Trinajstić information content (AvgIpc) is 2.68. The zero-order valence-electron chi connectivity index (χ0n) is 18.3. The lowest BCUT2D eigenvalue weighted by atomic mass is 9.88. The van der Waals surface area contributed by atoms with E-state index in [-0.39, 0.29) is 11.9 Å². The molecule has 0 aromatic heterocycles. The van der Waals surface area contributed by atoms with E-state index >= 15 is 0 Å². The SMILES string of the molecule is COC(=O)C(C)(C)CCCSc1ccc(Cl)c(SCCCC(C)(C)C(=O)OC)c1. The van der Waals surface area contributed by atoms with Crippen LogP contribution in [-0.2, 0) is 19.1 Å². The summed E-state index contributed by atoms with van der Waals surface area (Å²) in [5.41, 5.74) is -0.914. The van der Waals surface area contributed by atoms with Gasteiger partial charge in [0.25, 0.3) is 0 Å². The standard InChI is InChI=1S/C22H33ClO4S2/c1-21(2,19(24)26-5)11-7-13-28-16-9-10-17(23)18(15-16)29-14-8-12-22(3,4)20(25)27-6/h9-10,15H,7-8,11-14H2,1-6H3. The first kappa shape index (κ1) is 26.2. The lowest BCUT2D eigenvalue weighted by Crippen LogP contribution is -2.25. The van der Waals surface area contributed by atoms with Crippen molar-refractivity contribution in [1.82, 2.24) is 0 Å². The van der Waals surface area contributed by atoms with Crippen LogP contribution in [0.15, 0.2) is 28.0 Å². The van der Waals surface area contributed by atoms with E-state index in [1.165, 1.54) is 19.1 Å². The number of methoxy groups -OCH3 is 2. The Bertz CT molecular complexity index is 689. The van der Waals surface area contributed by atoms with Crippen molar-refractivity contribution in [3.05, 3.63) is 23.2 Å². The molecule has 0 atom stereocenters. The van der Waals surface area contributed by atoms with Crippen molar-refractivity contribution < 1.29 is 19.1 Å². The van der Waals surface area contributed by atoms with Crippen LogP contribution >= 0.6 is 35.1 Å². The van der Waals surface area contributed by atoms with Crippen LogP contribution in [0.5, 0.6) is 0 Å². The Morgan fingerprint density at radius 1 is 0.897 bits per heavy atom. The fourth-order valence-corrected chi connectivity index (χ4v) is 5.01. The maximum atomic E-state index is 11.8. The van der Waals surface area contributed by atoms with Crippen molar-refractivity contribution >= 4 is 47.1 Å². The monoisotopic (exact) mass is 460 g/mol. The van der Waals surface area contributed by atoms with Crippen LogP contribution in [0.25, 0.3) is 0 Å². The quantitative estimate of drug-likeness (QED) is 0.202. The summed E-state index contributed by atoms with van der Waals surface area (Å²) in [4.78, 5) is 25.7. The van der Waals surface area contributed by atoms with Crippen molar-refractivity contribution in [1.29, 1.82) is 0 Å². The van der Waals surface area contributed by atoms with Gasteiger partial charge in [-0.25, -0.2) is 0 Å². The van der Waals surface area contributed by atoms with Crippen LogP contribution < -0.4 is 0 Å². The first-order valence-corrected chi connectivity index (χ1v) is 12.1. The highest BCUT2D eigenvalue weighted by Gasteiger charge is 2.28. The van der Waals surface area contributed by atoms with E-state index in [2.05, 4.69) is 6.07 Å². The minimum atomic E-state index is -0.464. The van der Waals surface area contributed by atoms with Crippen molar-refractivity contribution in [2.75, 3.05) is 25.7 Å². The molecule has 0 fully saturated rings. The number of carbonyl (C=O) groups is 2. The van der Waals surface area contributed by atoms with Gasteiger partial charge in [-0.1, -0.05) is 11.6 Å². The molecule has 29 heavy (non-hydrogen) atoms. The smallest absolute Gasteiger partial charge is 0.311 e. The Kier molecular flexibility index (Phi) is 10.9. The molecule has 1 aromatic rings. The Hall–Kier alpha value is -0.850. The summed E-state index contributed by atoms with van der Waals surface area (Å²) < 4.78 is 9.71. The van der Waals surface area contributed by atoms with Gasteiger partial charge < -0.3 is 9.47 Å². The number of hydrogen-bond donors (Lipinski definition) is 0. The molecule has 0 aliphatic carbocycles. The molecule has 0 spiro atoms. The van der Waals surface area contributed by atoms with E-state index in [9.17, 15) is 9.59 Å². The second-order valence-electron chi connectivity index (χ2n) is 8.25. The number of benzene rings is 1. The van der Waals surface area contributed by atoms with Gasteiger partial charge in [-0.2, -0.15) is 0 Å². The molecule has 7 heteroatoms. The molecule has 0 unspecified atom stereocenters. The number of carbonyl (C=O) groups excluding carboxylic acids is 2. The normalized spacial score (nSPS) is 12.0. The molecule has 164 valence electrons. The largest absolute Gasteiger partial charge is 0.469 e. The zero-order chi connectivity index (χ0) is 22.1. The van der Waals surface area contributed by atoms with Gasteiger partial charge in [0.15, 0.2) is 0 Å². The molecule has 1 aromatic carbocycles. The molecule has 0 N–H and O–H groups in total. The summed E-state index contributed by atoms with van der Waals surface area (Å²) in [6.07, 6.45) is 3.40. The molecule has 0 saturated heterocycles. The van der Waals surface area contributed by atoms with Crippen molar-refractivity contribution in [3.63, 3.8) is 0 Å². The predicted octanol–water partition coefficient (Wildman–Crippen LogP) is 6.48. The maximum absolute atomic E-state index is 11.8. The van der Waals surface area contributed by atoms with Crippen molar-refractivity contribution in [2.45, 2.75) is 63.2 Å². The van der Waals surface area contributed by atoms with Crippen LogP contribution in [0.3, 0.4) is 0 Å². The van der Waals surface area contributed by atoms with Crippen LogP contribution in [0, 0.1) is 10.8 Å². The summed E-state index contributed by atoms with van der Waals surface area (Å²) in [5.74, 6) is 1.48. The predicted molar refractivity (Wildman–Crippen MR) is 123 cm³/mol. The number of hydrogen-bond acceptors (Lipinski definition) is 6. The summed E-state index contributed by atoms with van der Waals surface area (Å²) in [7, 11) is 2.86. The minimum absolute atomic E-state index is 0.164. The van der Waals surface area contributed by atoms with Gasteiger partial charge in [0.05, 0.1) is 30.1 Å². The van der Waals surface area contributed by atoms with Gasteiger partial charge in [-0.15, -0.1) is 23.5 Å². The van der Waals surface area contributed by atoms with E-state index in [0.29, 0.717) is 0 Å². The molecule has 4 nitrogen and oxygen atoms in total. The Morgan fingerprint density at radius 3 is 1.86 bits per heavy atom. The number of esters is 2. The van der Waals surface area contributed by atoms with E-state index in [1.807, 2.05) is 39.8 Å². The summed E-state index contributed by atoms with van der Waals surface area (Å²) in [6, 6.07) is 6.08. The number of halogens is 1. The first-order chi connectivity index (χ1) is 13.5. The highest BCUT2D eigenvalue weighted by Crippen LogP contribution is 2.34. The third kappa shape index (κ3) is 8.81. The van der Waals surface area contributed by atoms with Crippen molar-refractivity contribution in [3.8, 4) is 0 Å². The van der Waals surface area contributed by atoms with Gasteiger partial charge in [-0.05, 0) is 83.1 Å². The van der Waals surface area contributed by atoms with Crippen LogP contribution in [0.4, 0.5) is 0 Å². The molecule has 0 amide bonds. The van der Waals surface area contributed by atoms with E-state index in [4.69, 9.17) is 21.1 Å². The molecule has 0 saturated carbocycles. The molecule has 0 bridgehead atoms. The van der Waals surface area contributed by atoms with Crippen molar-refractivity contribution in [2.24, 2.45) is 10.8 Å². The highest BCUT2D eigenvalue weighted by molar-refractivity contribution is 8.00. The second-order valence-corrected chi connectivity index (χ2v) is 11.0. The molecule has 0 aliphatic heterocycles. The summed E-state index contributed by atoms with van der Waals surface area (Å²) in [6.45, 7) is 7.66. The third-order valence-corrected chi connectivity index (χ3v) is 7.46. The Balaban J connectivity index is 2.48. The molecular weight excluding hydrogens is 428 g/mol. The molecule has 0 radical (unpaired) electrons. The van der Waals surface area contributed by atoms with Crippen LogP contribution in [0.1, 0.15) is 53.4 Å².